The first-order valence-corrected chi connectivity index (χ1v) is 5.71. The van der Waals surface area contributed by atoms with Gasteiger partial charge in [0, 0.05) is 0 Å². The van der Waals surface area contributed by atoms with Crippen molar-refractivity contribution in [3.8, 4) is 5.75 Å². The lowest BCUT2D eigenvalue weighted by atomic mass is 10.0. The Morgan fingerprint density at radius 1 is 1.41 bits per heavy atom. The van der Waals surface area contributed by atoms with Gasteiger partial charge in [-0.25, -0.2) is 0 Å². The second-order valence-corrected chi connectivity index (χ2v) is 5.09. The average molecular weight is 241 g/mol. The number of rotatable bonds is 4. The summed E-state index contributed by atoms with van der Waals surface area (Å²) in [6.07, 6.45) is 0. The third-order valence-electron chi connectivity index (χ3n) is 3.75. The number of alkyl halides is 2. The van der Waals surface area contributed by atoms with Crippen molar-refractivity contribution >= 4 is 0 Å². The Kier molecular flexibility index (Phi) is 3.08. The lowest BCUT2D eigenvalue weighted by Crippen LogP contribution is -2.05. The molecule has 1 saturated carbocycles. The van der Waals surface area contributed by atoms with E-state index in [9.17, 15) is 8.78 Å². The van der Waals surface area contributed by atoms with Gasteiger partial charge in [0.15, 0.2) is 0 Å². The Morgan fingerprint density at radius 3 is 2.65 bits per heavy atom. The smallest absolute Gasteiger partial charge is 0.387 e. The number of halogens is 2. The number of nitrogens with two attached hydrogens (primary N) is 1. The van der Waals surface area contributed by atoms with Crippen molar-refractivity contribution in [2.75, 3.05) is 6.54 Å². The Hall–Kier alpha value is -1.16. The zero-order valence-electron chi connectivity index (χ0n) is 9.99. The lowest BCUT2D eigenvalue weighted by molar-refractivity contribution is -0.0498. The van der Waals surface area contributed by atoms with Gasteiger partial charge in [-0.2, -0.15) is 8.78 Å². The summed E-state index contributed by atoms with van der Waals surface area (Å²) in [5.74, 6) is 0.981. The highest BCUT2D eigenvalue weighted by Gasteiger charge is 2.57. The van der Waals surface area contributed by atoms with Crippen LogP contribution >= 0.6 is 0 Å². The molecule has 1 aliphatic carbocycles. The van der Waals surface area contributed by atoms with E-state index < -0.39 is 6.61 Å². The van der Waals surface area contributed by atoms with Crippen LogP contribution in [0.15, 0.2) is 24.3 Å². The van der Waals surface area contributed by atoms with E-state index in [1.165, 1.54) is 0 Å². The van der Waals surface area contributed by atoms with Crippen molar-refractivity contribution in [2.24, 2.45) is 17.1 Å². The molecule has 0 radical (unpaired) electrons. The van der Waals surface area contributed by atoms with Gasteiger partial charge < -0.3 is 10.5 Å². The first-order valence-electron chi connectivity index (χ1n) is 5.71. The van der Waals surface area contributed by atoms with Crippen LogP contribution in [-0.2, 0) is 0 Å². The van der Waals surface area contributed by atoms with Crippen molar-refractivity contribution in [1.29, 1.82) is 0 Å². The Bertz CT molecular complexity index is 406. The molecule has 2 atom stereocenters. The lowest BCUT2D eigenvalue weighted by Gasteiger charge is -2.07. The van der Waals surface area contributed by atoms with E-state index in [4.69, 9.17) is 5.73 Å². The summed E-state index contributed by atoms with van der Waals surface area (Å²) in [6.45, 7) is 2.14. The quantitative estimate of drug-likeness (QED) is 0.879. The third kappa shape index (κ3) is 2.27. The Labute approximate surface area is 99.8 Å². The SMILES string of the molecule is CC1(C)C(CN)C1c1cccc(OC(F)F)c1. The third-order valence-corrected chi connectivity index (χ3v) is 3.75. The molecule has 0 amide bonds. The second-order valence-electron chi connectivity index (χ2n) is 5.09. The van der Waals surface area contributed by atoms with E-state index in [1.807, 2.05) is 6.07 Å². The molecule has 17 heavy (non-hydrogen) atoms. The molecule has 2 unspecified atom stereocenters. The monoisotopic (exact) mass is 241 g/mol. The molecule has 0 aromatic heterocycles. The highest BCUT2D eigenvalue weighted by molar-refractivity contribution is 5.37. The van der Waals surface area contributed by atoms with Crippen molar-refractivity contribution in [1.82, 2.24) is 0 Å². The van der Waals surface area contributed by atoms with Crippen molar-refractivity contribution in [3.05, 3.63) is 29.8 Å². The zero-order valence-corrected chi connectivity index (χ0v) is 9.99. The van der Waals surface area contributed by atoms with Crippen LogP contribution in [0.5, 0.6) is 5.75 Å². The number of hydrogen-bond donors (Lipinski definition) is 1. The summed E-state index contributed by atoms with van der Waals surface area (Å²) in [4.78, 5) is 0. The molecule has 1 aromatic carbocycles. The Morgan fingerprint density at radius 2 is 2.12 bits per heavy atom. The minimum Gasteiger partial charge on any atom is -0.435 e. The van der Waals surface area contributed by atoms with E-state index in [0.717, 1.165) is 5.56 Å². The standard InChI is InChI=1S/C13H17F2NO/c1-13(2)10(7-16)11(13)8-4-3-5-9(6-8)17-12(14)15/h3-6,10-12H,7,16H2,1-2H3. The molecule has 2 rings (SSSR count). The summed E-state index contributed by atoms with van der Waals surface area (Å²) in [7, 11) is 0. The second kappa shape index (κ2) is 4.26. The van der Waals surface area contributed by atoms with E-state index in [0.29, 0.717) is 18.4 Å². The fourth-order valence-corrected chi connectivity index (χ4v) is 2.73. The van der Waals surface area contributed by atoms with Crippen molar-refractivity contribution < 1.29 is 13.5 Å². The van der Waals surface area contributed by atoms with E-state index in [-0.39, 0.29) is 11.2 Å². The molecule has 1 aliphatic rings. The predicted octanol–water partition coefficient (Wildman–Crippen LogP) is 2.99. The van der Waals surface area contributed by atoms with Crippen LogP contribution in [0.2, 0.25) is 0 Å². The first-order chi connectivity index (χ1) is 7.96. The van der Waals surface area contributed by atoms with Crippen LogP contribution in [0.25, 0.3) is 0 Å². The summed E-state index contributed by atoms with van der Waals surface area (Å²) in [5.41, 5.74) is 6.89. The van der Waals surface area contributed by atoms with Crippen LogP contribution in [0.3, 0.4) is 0 Å². The minimum absolute atomic E-state index is 0.151. The zero-order chi connectivity index (χ0) is 12.6. The normalized spacial score (nSPS) is 26.0. The molecule has 4 heteroatoms. The molecule has 0 heterocycles. The van der Waals surface area contributed by atoms with Crippen LogP contribution in [0.1, 0.15) is 25.3 Å². The van der Waals surface area contributed by atoms with Gasteiger partial charge in [0.25, 0.3) is 0 Å². The van der Waals surface area contributed by atoms with Crippen LogP contribution in [-0.4, -0.2) is 13.2 Å². The fourth-order valence-electron chi connectivity index (χ4n) is 2.73. The topological polar surface area (TPSA) is 35.2 Å². The molecule has 94 valence electrons. The predicted molar refractivity (Wildman–Crippen MR) is 62.1 cm³/mol. The van der Waals surface area contributed by atoms with E-state index >= 15 is 0 Å². The van der Waals surface area contributed by atoms with Gasteiger partial charge in [-0.15, -0.1) is 0 Å². The van der Waals surface area contributed by atoms with Crippen LogP contribution in [0, 0.1) is 11.3 Å². The minimum atomic E-state index is -2.78. The summed E-state index contributed by atoms with van der Waals surface area (Å²) in [6, 6.07) is 6.92. The number of hydrogen-bond acceptors (Lipinski definition) is 2. The van der Waals surface area contributed by atoms with Crippen molar-refractivity contribution in [3.63, 3.8) is 0 Å². The molecular formula is C13H17F2NO. The highest BCUT2D eigenvalue weighted by Crippen LogP contribution is 2.63. The average Bonchev–Trinajstić information content (AvgIpc) is 2.79. The van der Waals surface area contributed by atoms with Gasteiger partial charge in [0.05, 0.1) is 0 Å². The summed E-state index contributed by atoms with van der Waals surface area (Å²) in [5, 5.41) is 0. The molecule has 0 aliphatic heterocycles. The largest absolute Gasteiger partial charge is 0.435 e. The van der Waals surface area contributed by atoms with Crippen LogP contribution < -0.4 is 10.5 Å². The molecule has 1 aromatic rings. The van der Waals surface area contributed by atoms with Gasteiger partial charge in [0.1, 0.15) is 5.75 Å². The first kappa shape index (κ1) is 12.3. The van der Waals surface area contributed by atoms with E-state index in [2.05, 4.69) is 18.6 Å². The van der Waals surface area contributed by atoms with Crippen molar-refractivity contribution in [2.45, 2.75) is 26.4 Å². The van der Waals surface area contributed by atoms with Gasteiger partial charge >= 0.3 is 6.61 Å². The Balaban J connectivity index is 2.18. The number of ether oxygens (including phenoxy) is 1. The molecular weight excluding hydrogens is 224 g/mol. The molecule has 2 nitrogen and oxygen atoms in total. The summed E-state index contributed by atoms with van der Waals surface area (Å²) < 4.78 is 28.6. The van der Waals surface area contributed by atoms with E-state index in [1.54, 1.807) is 18.2 Å². The van der Waals surface area contributed by atoms with Gasteiger partial charge in [-0.05, 0) is 41.5 Å². The fraction of sp³-hybridized carbons (Fsp3) is 0.538. The molecule has 2 N–H and O–H groups in total. The van der Waals surface area contributed by atoms with Gasteiger partial charge in [0.2, 0.25) is 0 Å². The molecule has 0 saturated heterocycles. The molecule has 1 fully saturated rings. The maximum Gasteiger partial charge on any atom is 0.387 e. The summed E-state index contributed by atoms with van der Waals surface area (Å²) >= 11 is 0. The van der Waals surface area contributed by atoms with Gasteiger partial charge in [-0.1, -0.05) is 26.0 Å². The molecule has 0 spiro atoms. The maximum absolute atomic E-state index is 12.1. The number of benzene rings is 1. The van der Waals surface area contributed by atoms with Gasteiger partial charge in [-0.3, -0.25) is 0 Å². The van der Waals surface area contributed by atoms with Crippen LogP contribution in [0.4, 0.5) is 8.78 Å². The highest BCUT2D eigenvalue weighted by atomic mass is 19.3. The maximum atomic E-state index is 12.1. The molecule has 0 bridgehead atoms.